The molecule has 1 fully saturated rings. The van der Waals surface area contributed by atoms with Crippen molar-refractivity contribution < 1.29 is 32.3 Å². The summed E-state index contributed by atoms with van der Waals surface area (Å²) < 4.78 is 39.4. The fourth-order valence-corrected chi connectivity index (χ4v) is 2.81. The van der Waals surface area contributed by atoms with Gasteiger partial charge >= 0.3 is 12.6 Å². The molecule has 0 radical (unpaired) electrons. The fourth-order valence-electron chi connectivity index (χ4n) is 2.81. The third-order valence-electron chi connectivity index (χ3n) is 4.10. The summed E-state index contributed by atoms with van der Waals surface area (Å²) in [5.41, 5.74) is 0.258. The summed E-state index contributed by atoms with van der Waals surface area (Å²) in [6, 6.07) is 5.67. The molecule has 1 unspecified atom stereocenters. The van der Waals surface area contributed by atoms with Crippen molar-refractivity contribution in [2.75, 3.05) is 19.7 Å². The monoisotopic (exact) mass is 353 g/mol. The fraction of sp³-hybridized carbons (Fsp3) is 0.412. The predicted octanol–water partition coefficient (Wildman–Crippen LogP) is 3.06. The van der Waals surface area contributed by atoms with E-state index in [9.17, 15) is 18.4 Å². The van der Waals surface area contributed by atoms with Gasteiger partial charge in [0.15, 0.2) is 0 Å². The SMILES string of the molecule is CC(=O)N1CCC(COC(=O)c2cc3ccc(OC(F)F)cc3o2)C1. The Hall–Kier alpha value is -2.64. The van der Waals surface area contributed by atoms with Crippen LogP contribution in [-0.4, -0.2) is 43.1 Å². The summed E-state index contributed by atoms with van der Waals surface area (Å²) in [6.45, 7) is -0.00164. The van der Waals surface area contributed by atoms with Gasteiger partial charge in [0, 0.05) is 37.4 Å². The number of ether oxygens (including phenoxy) is 2. The highest BCUT2D eigenvalue weighted by Crippen LogP contribution is 2.26. The number of halogens is 2. The molecule has 1 amide bonds. The van der Waals surface area contributed by atoms with Crippen LogP contribution in [0, 0.1) is 5.92 Å². The minimum atomic E-state index is -2.93. The summed E-state index contributed by atoms with van der Waals surface area (Å²) in [6.07, 6.45) is 0.779. The van der Waals surface area contributed by atoms with E-state index in [-0.39, 0.29) is 35.5 Å². The topological polar surface area (TPSA) is 69.0 Å². The smallest absolute Gasteiger partial charge is 0.387 e. The molecular formula is C17H17F2NO5. The van der Waals surface area contributed by atoms with Crippen LogP contribution in [0.15, 0.2) is 28.7 Å². The number of nitrogens with zero attached hydrogens (tertiary/aromatic N) is 1. The van der Waals surface area contributed by atoms with Gasteiger partial charge in [-0.05, 0) is 24.6 Å². The second-order valence-corrected chi connectivity index (χ2v) is 5.91. The molecule has 2 heterocycles. The summed E-state index contributed by atoms with van der Waals surface area (Å²) in [4.78, 5) is 25.1. The van der Waals surface area contributed by atoms with Crippen LogP contribution in [0.25, 0.3) is 11.0 Å². The molecule has 1 saturated heterocycles. The summed E-state index contributed by atoms with van der Waals surface area (Å²) in [7, 11) is 0. The molecule has 8 heteroatoms. The number of alkyl halides is 2. The number of carbonyl (C=O) groups excluding carboxylic acids is 2. The van der Waals surface area contributed by atoms with Crippen molar-refractivity contribution >= 4 is 22.8 Å². The minimum Gasteiger partial charge on any atom is -0.459 e. The number of likely N-dealkylation sites (tertiary alicyclic amines) is 1. The number of esters is 1. The molecule has 0 bridgehead atoms. The molecule has 0 N–H and O–H groups in total. The Balaban J connectivity index is 1.61. The van der Waals surface area contributed by atoms with E-state index in [0.717, 1.165) is 6.42 Å². The molecule has 2 aromatic rings. The Kier molecular flexibility index (Phi) is 4.87. The molecule has 1 aromatic carbocycles. The molecule has 0 aliphatic carbocycles. The van der Waals surface area contributed by atoms with Gasteiger partial charge in [0.2, 0.25) is 11.7 Å². The second-order valence-electron chi connectivity index (χ2n) is 5.91. The van der Waals surface area contributed by atoms with Crippen molar-refractivity contribution in [1.29, 1.82) is 0 Å². The van der Waals surface area contributed by atoms with Gasteiger partial charge in [-0.1, -0.05) is 0 Å². The highest BCUT2D eigenvalue weighted by molar-refractivity contribution is 5.92. The average molecular weight is 353 g/mol. The van der Waals surface area contributed by atoms with Crippen LogP contribution in [0.1, 0.15) is 23.9 Å². The zero-order valence-electron chi connectivity index (χ0n) is 13.5. The van der Waals surface area contributed by atoms with E-state index in [2.05, 4.69) is 4.74 Å². The van der Waals surface area contributed by atoms with Crippen LogP contribution in [0.4, 0.5) is 8.78 Å². The van der Waals surface area contributed by atoms with Crippen molar-refractivity contribution in [1.82, 2.24) is 4.90 Å². The molecule has 1 aliphatic heterocycles. The lowest BCUT2D eigenvalue weighted by atomic mass is 10.1. The molecule has 1 aromatic heterocycles. The maximum atomic E-state index is 12.2. The number of amides is 1. The van der Waals surface area contributed by atoms with Gasteiger partial charge in [-0.15, -0.1) is 0 Å². The van der Waals surface area contributed by atoms with E-state index in [0.29, 0.717) is 18.5 Å². The van der Waals surface area contributed by atoms with Crippen molar-refractivity contribution in [2.45, 2.75) is 20.0 Å². The predicted molar refractivity (Wildman–Crippen MR) is 83.5 cm³/mol. The molecule has 134 valence electrons. The summed E-state index contributed by atoms with van der Waals surface area (Å²) >= 11 is 0. The van der Waals surface area contributed by atoms with Gasteiger partial charge in [-0.25, -0.2) is 4.79 Å². The van der Waals surface area contributed by atoms with Gasteiger partial charge in [0.1, 0.15) is 11.3 Å². The van der Waals surface area contributed by atoms with Gasteiger partial charge in [0.05, 0.1) is 6.61 Å². The quantitative estimate of drug-likeness (QED) is 0.773. The molecule has 25 heavy (non-hydrogen) atoms. The van der Waals surface area contributed by atoms with E-state index in [4.69, 9.17) is 9.15 Å². The van der Waals surface area contributed by atoms with Crippen LogP contribution >= 0.6 is 0 Å². The second kappa shape index (κ2) is 7.08. The minimum absolute atomic E-state index is 0.00734. The Morgan fingerprint density at radius 3 is 2.84 bits per heavy atom. The van der Waals surface area contributed by atoms with Crippen LogP contribution in [0.2, 0.25) is 0 Å². The van der Waals surface area contributed by atoms with E-state index in [1.54, 1.807) is 4.90 Å². The van der Waals surface area contributed by atoms with Crippen LogP contribution in [0.5, 0.6) is 5.75 Å². The lowest BCUT2D eigenvalue weighted by Crippen LogP contribution is -2.26. The highest BCUT2D eigenvalue weighted by Gasteiger charge is 2.26. The molecular weight excluding hydrogens is 336 g/mol. The van der Waals surface area contributed by atoms with E-state index < -0.39 is 12.6 Å². The first-order chi connectivity index (χ1) is 11.9. The highest BCUT2D eigenvalue weighted by atomic mass is 19.3. The number of furan rings is 1. The zero-order chi connectivity index (χ0) is 18.0. The number of hydrogen-bond donors (Lipinski definition) is 0. The van der Waals surface area contributed by atoms with Crippen LogP contribution in [0.3, 0.4) is 0 Å². The third kappa shape index (κ3) is 4.07. The first-order valence-electron chi connectivity index (χ1n) is 7.83. The van der Waals surface area contributed by atoms with Crippen molar-refractivity contribution in [2.24, 2.45) is 5.92 Å². The number of fused-ring (bicyclic) bond motifs is 1. The first kappa shape index (κ1) is 17.2. The van der Waals surface area contributed by atoms with Gasteiger partial charge < -0.3 is 18.8 Å². The van der Waals surface area contributed by atoms with Gasteiger partial charge in [-0.3, -0.25) is 4.79 Å². The van der Waals surface area contributed by atoms with Gasteiger partial charge in [-0.2, -0.15) is 8.78 Å². The normalized spacial score (nSPS) is 17.3. The third-order valence-corrected chi connectivity index (χ3v) is 4.10. The van der Waals surface area contributed by atoms with Crippen molar-refractivity contribution in [3.8, 4) is 5.75 Å². The Bertz CT molecular complexity index is 788. The number of rotatable bonds is 5. The Labute approximate surface area is 142 Å². The Morgan fingerprint density at radius 2 is 2.16 bits per heavy atom. The van der Waals surface area contributed by atoms with Crippen LogP contribution < -0.4 is 4.74 Å². The molecule has 1 atom stereocenters. The number of hydrogen-bond acceptors (Lipinski definition) is 5. The maximum Gasteiger partial charge on any atom is 0.387 e. The molecule has 0 spiro atoms. The van der Waals surface area contributed by atoms with Gasteiger partial charge in [0.25, 0.3) is 0 Å². The van der Waals surface area contributed by atoms with E-state index >= 15 is 0 Å². The average Bonchev–Trinajstić information content (AvgIpc) is 3.18. The van der Waals surface area contributed by atoms with Crippen molar-refractivity contribution in [3.63, 3.8) is 0 Å². The molecule has 6 nitrogen and oxygen atoms in total. The maximum absolute atomic E-state index is 12.2. The number of benzene rings is 1. The van der Waals surface area contributed by atoms with E-state index in [1.165, 1.54) is 31.2 Å². The molecule has 3 rings (SSSR count). The lowest BCUT2D eigenvalue weighted by Gasteiger charge is -2.13. The largest absolute Gasteiger partial charge is 0.459 e. The summed E-state index contributed by atoms with van der Waals surface area (Å²) in [5.74, 6) is -0.581. The molecule has 0 saturated carbocycles. The first-order valence-corrected chi connectivity index (χ1v) is 7.83. The zero-order valence-corrected chi connectivity index (χ0v) is 13.5. The van der Waals surface area contributed by atoms with Crippen LogP contribution in [-0.2, 0) is 9.53 Å². The summed E-state index contributed by atoms with van der Waals surface area (Å²) in [5, 5.41) is 0.581. The van der Waals surface area contributed by atoms with E-state index in [1.807, 2.05) is 0 Å². The van der Waals surface area contributed by atoms with Crippen molar-refractivity contribution in [3.05, 3.63) is 30.0 Å². The lowest BCUT2D eigenvalue weighted by molar-refractivity contribution is -0.127. The Morgan fingerprint density at radius 1 is 1.36 bits per heavy atom. The number of carbonyl (C=O) groups is 2. The molecule has 1 aliphatic rings. The standard InChI is InChI=1S/C17H17F2NO5/c1-10(21)20-5-4-11(8-20)9-23-16(22)15-6-12-2-3-13(24-17(18)19)7-14(12)25-15/h2-3,6-7,11,17H,4-5,8-9H2,1H3.